The first kappa shape index (κ1) is 13.1. The molecule has 0 bridgehead atoms. The predicted octanol–water partition coefficient (Wildman–Crippen LogP) is 5.78. The van der Waals surface area contributed by atoms with Crippen molar-refractivity contribution in [1.29, 1.82) is 0 Å². The second-order valence-electron chi connectivity index (χ2n) is 5.78. The second-order valence-corrected chi connectivity index (χ2v) is 5.78. The summed E-state index contributed by atoms with van der Waals surface area (Å²) >= 11 is 0. The van der Waals surface area contributed by atoms with E-state index in [0.29, 0.717) is 0 Å². The first-order valence-corrected chi connectivity index (χ1v) is 7.85. The molecule has 4 aromatic carbocycles. The number of fused-ring (bicyclic) bond motifs is 2. The highest BCUT2D eigenvalue weighted by molar-refractivity contribution is 5.87. The van der Waals surface area contributed by atoms with E-state index >= 15 is 0 Å². The van der Waals surface area contributed by atoms with Gasteiger partial charge in [-0.05, 0) is 45.5 Å². The minimum atomic E-state index is 1.08. The van der Waals surface area contributed by atoms with E-state index in [2.05, 4.69) is 84.9 Å². The molecule has 0 nitrogen and oxygen atoms in total. The minimum absolute atomic E-state index is 1.08. The third-order valence-corrected chi connectivity index (χ3v) is 4.42. The fraction of sp³-hybridized carbons (Fsp3) is 0.0909. The van der Waals surface area contributed by atoms with Crippen LogP contribution in [0.4, 0.5) is 0 Å². The lowest BCUT2D eigenvalue weighted by Crippen LogP contribution is -1.93. The smallest absolute Gasteiger partial charge is 0.0152 e. The fourth-order valence-electron chi connectivity index (χ4n) is 3.29. The summed E-state index contributed by atoms with van der Waals surface area (Å²) in [5, 5.41) is 5.42. The van der Waals surface area contributed by atoms with E-state index in [9.17, 15) is 0 Å². The lowest BCUT2D eigenvalue weighted by Gasteiger charge is -2.09. The van der Waals surface area contributed by atoms with E-state index in [1.54, 1.807) is 0 Å². The Kier molecular flexibility index (Phi) is 3.36. The predicted molar refractivity (Wildman–Crippen MR) is 95.3 cm³/mol. The van der Waals surface area contributed by atoms with Crippen LogP contribution in [0.2, 0.25) is 0 Å². The molecule has 0 amide bonds. The van der Waals surface area contributed by atoms with E-state index in [0.717, 1.165) is 12.8 Å². The quantitative estimate of drug-likeness (QED) is 0.447. The molecule has 0 aromatic heterocycles. The average Bonchev–Trinajstić information content (AvgIpc) is 2.60. The van der Waals surface area contributed by atoms with Crippen LogP contribution in [-0.4, -0.2) is 0 Å². The Morgan fingerprint density at radius 2 is 0.818 bits per heavy atom. The summed E-state index contributed by atoms with van der Waals surface area (Å²) in [6.07, 6.45) is 2.16. The average molecular weight is 282 g/mol. The number of rotatable bonds is 3. The van der Waals surface area contributed by atoms with Crippen molar-refractivity contribution in [1.82, 2.24) is 0 Å². The summed E-state index contributed by atoms with van der Waals surface area (Å²) in [7, 11) is 0. The SMILES string of the molecule is c1ccc2c(CCc3cccc4ccccc34)cccc2c1. The van der Waals surface area contributed by atoms with Crippen molar-refractivity contribution in [2.75, 3.05) is 0 Å². The lowest BCUT2D eigenvalue weighted by atomic mass is 9.96. The van der Waals surface area contributed by atoms with Gasteiger partial charge in [0.15, 0.2) is 0 Å². The topological polar surface area (TPSA) is 0 Å². The molecule has 0 heteroatoms. The molecular formula is C22H18. The third-order valence-electron chi connectivity index (χ3n) is 4.42. The van der Waals surface area contributed by atoms with Crippen LogP contribution in [-0.2, 0) is 12.8 Å². The maximum atomic E-state index is 2.26. The Morgan fingerprint density at radius 1 is 0.409 bits per heavy atom. The van der Waals surface area contributed by atoms with Crippen LogP contribution in [0, 0.1) is 0 Å². The summed E-state index contributed by atoms with van der Waals surface area (Å²) in [5.41, 5.74) is 2.87. The second kappa shape index (κ2) is 5.65. The Hall–Kier alpha value is -2.60. The number of aryl methyl sites for hydroxylation is 2. The largest absolute Gasteiger partial charge is 0.0616 e. The molecule has 0 radical (unpaired) electrons. The van der Waals surface area contributed by atoms with Crippen molar-refractivity contribution in [2.24, 2.45) is 0 Å². The number of hydrogen-bond donors (Lipinski definition) is 0. The Morgan fingerprint density at radius 3 is 1.32 bits per heavy atom. The van der Waals surface area contributed by atoms with E-state index in [1.807, 2.05) is 0 Å². The molecule has 0 heterocycles. The zero-order chi connectivity index (χ0) is 14.8. The van der Waals surface area contributed by atoms with Crippen molar-refractivity contribution in [2.45, 2.75) is 12.8 Å². The normalized spacial score (nSPS) is 11.1. The first-order chi connectivity index (χ1) is 10.9. The van der Waals surface area contributed by atoms with Crippen molar-refractivity contribution in [3.63, 3.8) is 0 Å². The molecular weight excluding hydrogens is 264 g/mol. The lowest BCUT2D eigenvalue weighted by molar-refractivity contribution is 0.978. The van der Waals surface area contributed by atoms with Gasteiger partial charge in [-0.15, -0.1) is 0 Å². The van der Waals surface area contributed by atoms with Crippen LogP contribution >= 0.6 is 0 Å². The van der Waals surface area contributed by atoms with Crippen molar-refractivity contribution in [3.8, 4) is 0 Å². The highest BCUT2D eigenvalue weighted by Crippen LogP contribution is 2.23. The first-order valence-electron chi connectivity index (χ1n) is 7.85. The Bertz CT molecular complexity index is 845. The molecule has 22 heavy (non-hydrogen) atoms. The summed E-state index contributed by atoms with van der Waals surface area (Å²) in [5.74, 6) is 0. The molecule has 0 saturated carbocycles. The van der Waals surface area contributed by atoms with Gasteiger partial charge in [0.1, 0.15) is 0 Å². The van der Waals surface area contributed by atoms with E-state index < -0.39 is 0 Å². The van der Waals surface area contributed by atoms with Crippen molar-refractivity contribution < 1.29 is 0 Å². The zero-order valence-electron chi connectivity index (χ0n) is 12.5. The number of hydrogen-bond acceptors (Lipinski definition) is 0. The highest BCUT2D eigenvalue weighted by Gasteiger charge is 2.04. The third kappa shape index (κ3) is 2.37. The van der Waals surface area contributed by atoms with Gasteiger partial charge in [0, 0.05) is 0 Å². The van der Waals surface area contributed by atoms with Crippen LogP contribution in [0.1, 0.15) is 11.1 Å². The van der Waals surface area contributed by atoms with Gasteiger partial charge >= 0.3 is 0 Å². The molecule has 0 atom stereocenters. The van der Waals surface area contributed by atoms with Gasteiger partial charge in [0.2, 0.25) is 0 Å². The fourth-order valence-corrected chi connectivity index (χ4v) is 3.29. The van der Waals surface area contributed by atoms with E-state index in [1.165, 1.54) is 32.7 Å². The highest BCUT2D eigenvalue weighted by atomic mass is 14.1. The Labute approximate surface area is 131 Å². The maximum Gasteiger partial charge on any atom is -0.0152 e. The summed E-state index contributed by atoms with van der Waals surface area (Å²) in [6, 6.07) is 30.5. The molecule has 106 valence electrons. The van der Waals surface area contributed by atoms with Gasteiger partial charge in [-0.1, -0.05) is 84.9 Å². The van der Waals surface area contributed by atoms with Gasteiger partial charge in [-0.25, -0.2) is 0 Å². The monoisotopic (exact) mass is 282 g/mol. The van der Waals surface area contributed by atoms with Crippen LogP contribution in [0.5, 0.6) is 0 Å². The molecule has 0 aliphatic heterocycles. The molecule has 0 aliphatic carbocycles. The van der Waals surface area contributed by atoms with Crippen LogP contribution < -0.4 is 0 Å². The van der Waals surface area contributed by atoms with Gasteiger partial charge in [-0.3, -0.25) is 0 Å². The maximum absolute atomic E-state index is 2.26. The molecule has 4 aromatic rings. The molecule has 0 N–H and O–H groups in total. The standard InChI is InChI=1S/C22H18/c1-3-13-21-17(7-1)9-5-11-19(21)15-16-20-12-6-10-18-8-2-4-14-22(18)20/h1-14H,15-16H2. The van der Waals surface area contributed by atoms with Gasteiger partial charge in [0.05, 0.1) is 0 Å². The molecule has 0 unspecified atom stereocenters. The van der Waals surface area contributed by atoms with Crippen LogP contribution in [0.3, 0.4) is 0 Å². The minimum Gasteiger partial charge on any atom is -0.0616 e. The van der Waals surface area contributed by atoms with E-state index in [-0.39, 0.29) is 0 Å². The molecule has 0 spiro atoms. The van der Waals surface area contributed by atoms with Gasteiger partial charge < -0.3 is 0 Å². The van der Waals surface area contributed by atoms with Gasteiger partial charge in [-0.2, -0.15) is 0 Å². The van der Waals surface area contributed by atoms with Crippen LogP contribution in [0.15, 0.2) is 84.9 Å². The van der Waals surface area contributed by atoms with E-state index in [4.69, 9.17) is 0 Å². The summed E-state index contributed by atoms with van der Waals surface area (Å²) in [4.78, 5) is 0. The zero-order valence-corrected chi connectivity index (χ0v) is 12.5. The summed E-state index contributed by atoms with van der Waals surface area (Å²) in [6.45, 7) is 0. The molecule has 4 rings (SSSR count). The Balaban J connectivity index is 1.69. The number of benzene rings is 4. The summed E-state index contributed by atoms with van der Waals surface area (Å²) < 4.78 is 0. The van der Waals surface area contributed by atoms with Crippen LogP contribution in [0.25, 0.3) is 21.5 Å². The van der Waals surface area contributed by atoms with Crippen molar-refractivity contribution >= 4 is 21.5 Å². The van der Waals surface area contributed by atoms with Gasteiger partial charge in [0.25, 0.3) is 0 Å². The molecule has 0 saturated heterocycles. The molecule has 0 fully saturated rings. The van der Waals surface area contributed by atoms with Crippen molar-refractivity contribution in [3.05, 3.63) is 96.1 Å². The molecule has 0 aliphatic rings.